The standard InChI is InChI=1S/C25H16Cl8N2/c26-11-3-1-10(2-4-11)19-16-14-9-15(20(16)35(34-19)13-7-5-12(27)6-8-13)18-17(14)23(30)21(28)22(29)24(18,31)25(23,32)33/h1-8,14-18,20H,9H2/t14-,15-,16-,17?,18?,20-,23+,24-/m1/s1/i9D2,14D,15D,16D,20D. The number of halogens is 8. The lowest BCUT2D eigenvalue weighted by molar-refractivity contribution is 0.173. The van der Waals surface area contributed by atoms with E-state index < -0.39 is 56.0 Å². The van der Waals surface area contributed by atoms with E-state index in [0.29, 0.717) is 15.6 Å². The zero-order valence-corrected chi connectivity index (χ0v) is 23.2. The van der Waals surface area contributed by atoms with Gasteiger partial charge >= 0.3 is 0 Å². The minimum atomic E-state index is -2.93. The summed E-state index contributed by atoms with van der Waals surface area (Å²) in [4.78, 5) is -4.32. The Morgan fingerprint density at radius 2 is 1.31 bits per heavy atom. The summed E-state index contributed by atoms with van der Waals surface area (Å²) < 4.78 is 56.9. The molecule has 0 spiro atoms. The fourth-order valence-electron chi connectivity index (χ4n) is 5.94. The molecule has 2 aromatic carbocycles. The molecule has 4 aliphatic carbocycles. The van der Waals surface area contributed by atoms with Crippen molar-refractivity contribution in [1.82, 2.24) is 0 Å². The quantitative estimate of drug-likeness (QED) is 0.238. The monoisotopic (exact) mass is 630 g/mol. The van der Waals surface area contributed by atoms with Gasteiger partial charge < -0.3 is 0 Å². The van der Waals surface area contributed by atoms with Gasteiger partial charge in [-0.15, -0.1) is 23.2 Å². The number of fused-ring (bicyclic) bond motifs is 12. The zero-order valence-electron chi connectivity index (χ0n) is 23.2. The minimum absolute atomic E-state index is 0.141. The van der Waals surface area contributed by atoms with Gasteiger partial charge in [-0.3, -0.25) is 5.01 Å². The highest BCUT2D eigenvalue weighted by atomic mass is 35.5. The molecular weight excluding hydrogens is 612 g/mol. The van der Waals surface area contributed by atoms with Crippen molar-refractivity contribution in [2.45, 2.75) is 26.5 Å². The van der Waals surface area contributed by atoms with E-state index in [1.54, 1.807) is 24.3 Å². The number of hydrogen-bond acceptors (Lipinski definition) is 2. The summed E-state index contributed by atoms with van der Waals surface area (Å²) in [5.41, 5.74) is 0.385. The predicted molar refractivity (Wildman–Crippen MR) is 148 cm³/mol. The van der Waals surface area contributed by atoms with Crippen molar-refractivity contribution in [3.8, 4) is 0 Å². The van der Waals surface area contributed by atoms with Crippen molar-refractivity contribution in [3.63, 3.8) is 0 Å². The van der Waals surface area contributed by atoms with Crippen LogP contribution in [0.15, 0.2) is 63.7 Å². The molecule has 0 radical (unpaired) electrons. The molecule has 8 atom stereocenters. The highest BCUT2D eigenvalue weighted by Gasteiger charge is 2.88. The first-order valence-electron chi connectivity index (χ1n) is 13.5. The molecule has 4 bridgehead atoms. The number of benzene rings is 2. The van der Waals surface area contributed by atoms with Crippen LogP contribution >= 0.6 is 92.8 Å². The van der Waals surface area contributed by atoms with Crippen molar-refractivity contribution in [3.05, 3.63) is 74.2 Å². The largest absolute Gasteiger partial charge is 0.261 e. The van der Waals surface area contributed by atoms with Crippen LogP contribution < -0.4 is 5.01 Å². The van der Waals surface area contributed by atoms with Gasteiger partial charge in [0.05, 0.1) is 28.9 Å². The maximum Gasteiger partial charge on any atom is 0.166 e. The van der Waals surface area contributed by atoms with Crippen molar-refractivity contribution < 1.29 is 8.22 Å². The van der Waals surface area contributed by atoms with Gasteiger partial charge in [0.15, 0.2) is 4.33 Å². The smallest absolute Gasteiger partial charge is 0.166 e. The number of rotatable bonds is 2. The Hall–Kier alpha value is -0.0300. The third kappa shape index (κ3) is 2.67. The second-order valence-electron chi connectivity index (χ2n) is 9.00. The SMILES string of the molecule is [2H]C1([2H])[C@]2([2H])C3C([C@]4(Cl)C(Cl)=C(Cl)[C@@]3(Cl)C4(Cl)Cl)[C@@]1([2H])[C@]1([2H])C(c3ccc(Cl)cc3)=NN(c3ccc(Cl)cc3)[C@@]12[2H]. The van der Waals surface area contributed by atoms with Crippen LogP contribution in [0.4, 0.5) is 5.69 Å². The van der Waals surface area contributed by atoms with Gasteiger partial charge in [-0.05, 0) is 72.0 Å². The highest BCUT2D eigenvalue weighted by molar-refractivity contribution is 6.65. The van der Waals surface area contributed by atoms with E-state index in [1.807, 2.05) is 0 Å². The van der Waals surface area contributed by atoms with E-state index >= 15 is 0 Å². The topological polar surface area (TPSA) is 15.6 Å². The first-order valence-corrected chi connectivity index (χ1v) is 13.5. The first kappa shape index (κ1) is 18.3. The lowest BCUT2D eigenvalue weighted by Gasteiger charge is -2.45. The number of hydrazone groups is 1. The van der Waals surface area contributed by atoms with Gasteiger partial charge in [0, 0.05) is 22.8 Å². The summed E-state index contributed by atoms with van der Waals surface area (Å²) in [6.45, 7) is 0. The second kappa shape index (κ2) is 7.54. The molecule has 5 aliphatic rings. The third-order valence-corrected chi connectivity index (χ3v) is 12.2. The maximum absolute atomic E-state index is 10.1. The molecule has 1 heterocycles. The van der Waals surface area contributed by atoms with Crippen LogP contribution in [-0.2, 0) is 0 Å². The van der Waals surface area contributed by atoms with Crippen LogP contribution in [0.25, 0.3) is 0 Å². The summed E-state index contributed by atoms with van der Waals surface area (Å²) in [6.07, 6.45) is -2.93. The number of anilines is 1. The Kier molecular flexibility index (Phi) is 3.94. The van der Waals surface area contributed by atoms with Gasteiger partial charge in [0.25, 0.3) is 0 Å². The van der Waals surface area contributed by atoms with Crippen molar-refractivity contribution in [2.24, 2.45) is 34.6 Å². The Bertz CT molecular complexity index is 1620. The number of allylic oxidation sites excluding steroid dienone is 2. The molecule has 2 unspecified atom stereocenters. The zero-order chi connectivity index (χ0) is 30.1. The van der Waals surface area contributed by atoms with E-state index in [0.717, 1.165) is 5.01 Å². The Balaban J connectivity index is 1.61. The normalized spacial score (nSPS) is 54.4. The lowest BCUT2D eigenvalue weighted by Crippen LogP contribution is -2.51. The predicted octanol–water partition coefficient (Wildman–Crippen LogP) is 8.93. The van der Waals surface area contributed by atoms with Crippen molar-refractivity contribution >= 4 is 104 Å². The molecule has 2 nitrogen and oxygen atoms in total. The molecule has 1 aliphatic heterocycles. The number of alkyl halides is 4. The van der Waals surface area contributed by atoms with E-state index in [1.165, 1.54) is 24.3 Å². The molecule has 0 N–H and O–H groups in total. The minimum Gasteiger partial charge on any atom is -0.261 e. The highest BCUT2D eigenvalue weighted by Crippen LogP contribution is 2.83. The Labute approximate surface area is 251 Å². The summed E-state index contributed by atoms with van der Waals surface area (Å²) in [5, 5.41) is 5.97. The molecule has 35 heavy (non-hydrogen) atoms. The fraction of sp³-hybridized carbons (Fsp3) is 0.400. The Morgan fingerprint density at radius 3 is 1.89 bits per heavy atom. The molecule has 0 saturated heterocycles. The van der Waals surface area contributed by atoms with Crippen LogP contribution in [0, 0.1) is 29.5 Å². The molecule has 0 aromatic heterocycles. The lowest BCUT2D eigenvalue weighted by atomic mass is 9.65. The van der Waals surface area contributed by atoms with E-state index in [4.69, 9.17) is 92.8 Å². The first-order chi connectivity index (χ1) is 18.8. The molecular formula is C25H16Cl8N2. The van der Waals surface area contributed by atoms with E-state index in [9.17, 15) is 8.22 Å². The average molecular weight is 634 g/mol. The molecule has 10 heteroatoms. The van der Waals surface area contributed by atoms with E-state index in [-0.39, 0.29) is 21.5 Å². The molecule has 7 rings (SSSR count). The van der Waals surface area contributed by atoms with Crippen LogP contribution in [0.3, 0.4) is 0 Å². The number of nitrogens with zero attached hydrogens (tertiary/aromatic N) is 2. The van der Waals surface area contributed by atoms with Crippen LogP contribution in [0.5, 0.6) is 0 Å². The maximum atomic E-state index is 10.1. The molecule has 0 amide bonds. The van der Waals surface area contributed by atoms with Gasteiger partial charge in [-0.2, -0.15) is 5.10 Å². The van der Waals surface area contributed by atoms with Gasteiger partial charge in [0.1, 0.15) is 9.75 Å². The van der Waals surface area contributed by atoms with E-state index in [2.05, 4.69) is 5.10 Å². The summed E-state index contributed by atoms with van der Waals surface area (Å²) >= 11 is 53.6. The number of hydrogen-bond donors (Lipinski definition) is 0. The van der Waals surface area contributed by atoms with Crippen LogP contribution in [0.1, 0.15) is 20.2 Å². The third-order valence-electron chi connectivity index (χ3n) is 7.43. The molecule has 3 fully saturated rings. The summed E-state index contributed by atoms with van der Waals surface area (Å²) in [5.74, 6) is -11.1. The van der Waals surface area contributed by atoms with Crippen molar-refractivity contribution in [2.75, 3.05) is 5.01 Å². The molecule has 2 aromatic rings. The molecule has 3 saturated carbocycles. The van der Waals surface area contributed by atoms with Gasteiger partial charge in [-0.25, -0.2) is 0 Å². The molecule has 182 valence electrons. The second-order valence-corrected chi connectivity index (χ2v) is 13.1. The van der Waals surface area contributed by atoms with Crippen molar-refractivity contribution in [1.29, 1.82) is 0 Å². The summed E-state index contributed by atoms with van der Waals surface area (Å²) in [6, 6.07) is 9.71. The average Bonchev–Trinajstić information content (AvgIpc) is 3.38. The van der Waals surface area contributed by atoms with Crippen LogP contribution in [0.2, 0.25) is 10.0 Å². The van der Waals surface area contributed by atoms with Gasteiger partial charge in [0.2, 0.25) is 0 Å². The van der Waals surface area contributed by atoms with Crippen LogP contribution in [-0.4, -0.2) is 25.8 Å². The Morgan fingerprint density at radius 1 is 0.800 bits per heavy atom. The van der Waals surface area contributed by atoms with Gasteiger partial charge in [-0.1, -0.05) is 81.7 Å². The fourth-order valence-corrected chi connectivity index (χ4v) is 9.15. The summed E-state index contributed by atoms with van der Waals surface area (Å²) in [7, 11) is 0.